The first-order valence-corrected chi connectivity index (χ1v) is 9.47. The molecule has 3 rings (SSSR count). The monoisotopic (exact) mass is 332 g/mol. The Labute approximate surface area is 154 Å². The van der Waals surface area contributed by atoms with Gasteiger partial charge in [0.05, 0.1) is 0 Å². The third-order valence-corrected chi connectivity index (χ3v) is 6.29. The molecule has 2 aliphatic carbocycles. The van der Waals surface area contributed by atoms with Gasteiger partial charge in [-0.3, -0.25) is 0 Å². The van der Waals surface area contributed by atoms with Crippen molar-refractivity contribution in [3.05, 3.63) is 75.4 Å². The van der Waals surface area contributed by atoms with E-state index < -0.39 is 0 Å². The van der Waals surface area contributed by atoms with Crippen LogP contribution < -0.4 is 0 Å². The molecule has 0 aliphatic heterocycles. The van der Waals surface area contributed by atoms with Crippen molar-refractivity contribution in [1.29, 1.82) is 0 Å². The van der Waals surface area contributed by atoms with Gasteiger partial charge in [-0.2, -0.15) is 0 Å². The number of hydrogen-bond acceptors (Lipinski definition) is 0. The average Bonchev–Trinajstić information content (AvgIpc) is 3.05. The van der Waals surface area contributed by atoms with Crippen LogP contribution in [0.2, 0.25) is 0 Å². The highest BCUT2D eigenvalue weighted by molar-refractivity contribution is 5.89. The van der Waals surface area contributed by atoms with Crippen molar-refractivity contribution in [2.75, 3.05) is 0 Å². The van der Waals surface area contributed by atoms with Gasteiger partial charge in [-0.15, -0.1) is 0 Å². The Morgan fingerprint density at radius 3 is 2.00 bits per heavy atom. The van der Waals surface area contributed by atoms with Crippen LogP contribution >= 0.6 is 0 Å². The Kier molecular flexibility index (Phi) is 4.22. The maximum absolute atomic E-state index is 2.43. The van der Waals surface area contributed by atoms with E-state index in [0.29, 0.717) is 0 Å². The van der Waals surface area contributed by atoms with E-state index in [-0.39, 0.29) is 10.8 Å². The van der Waals surface area contributed by atoms with Crippen LogP contribution in [0.15, 0.2) is 64.3 Å². The first-order valence-electron chi connectivity index (χ1n) is 9.47. The van der Waals surface area contributed by atoms with E-state index in [9.17, 15) is 0 Å². The van der Waals surface area contributed by atoms with Crippen LogP contribution in [0, 0.1) is 5.41 Å². The van der Waals surface area contributed by atoms with E-state index in [1.54, 1.807) is 0 Å². The Bertz CT molecular complexity index is 842. The normalized spacial score (nSPS) is 20.3. The van der Waals surface area contributed by atoms with E-state index in [1.165, 1.54) is 44.6 Å². The fourth-order valence-electron chi connectivity index (χ4n) is 4.51. The van der Waals surface area contributed by atoms with Crippen molar-refractivity contribution in [2.24, 2.45) is 5.41 Å². The van der Waals surface area contributed by atoms with Crippen molar-refractivity contribution >= 4 is 5.57 Å². The van der Waals surface area contributed by atoms with Gasteiger partial charge in [0, 0.05) is 5.41 Å². The summed E-state index contributed by atoms with van der Waals surface area (Å²) in [6.07, 6.45) is 5.88. The molecule has 0 spiro atoms. The zero-order valence-corrected chi connectivity index (χ0v) is 17.2. The maximum Gasteiger partial charge on any atom is 0.0117 e. The minimum Gasteiger partial charge on any atom is -0.0725 e. The van der Waals surface area contributed by atoms with Crippen molar-refractivity contribution in [3.8, 4) is 0 Å². The molecule has 2 aliphatic rings. The molecule has 0 nitrogen and oxygen atoms in total. The summed E-state index contributed by atoms with van der Waals surface area (Å²) in [5, 5.41) is 0. The average molecular weight is 333 g/mol. The van der Waals surface area contributed by atoms with E-state index in [4.69, 9.17) is 0 Å². The van der Waals surface area contributed by atoms with E-state index in [2.05, 4.69) is 91.8 Å². The van der Waals surface area contributed by atoms with Gasteiger partial charge in [0.25, 0.3) is 0 Å². The smallest absolute Gasteiger partial charge is 0.0117 e. The number of rotatable bonds is 2. The molecule has 0 amide bonds. The lowest BCUT2D eigenvalue weighted by molar-refractivity contribution is 0.556. The summed E-state index contributed by atoms with van der Waals surface area (Å²) in [4.78, 5) is 0. The van der Waals surface area contributed by atoms with Gasteiger partial charge < -0.3 is 0 Å². The minimum absolute atomic E-state index is 0.111. The van der Waals surface area contributed by atoms with Gasteiger partial charge >= 0.3 is 0 Å². The number of benzene rings is 1. The fourth-order valence-corrected chi connectivity index (χ4v) is 4.51. The summed E-state index contributed by atoms with van der Waals surface area (Å²) in [6, 6.07) is 8.94. The Balaban J connectivity index is 2.14. The predicted octanol–water partition coefficient (Wildman–Crippen LogP) is 7.39. The number of allylic oxidation sites excluding steroid dienone is 8. The largest absolute Gasteiger partial charge is 0.0725 e. The summed E-state index contributed by atoms with van der Waals surface area (Å²) in [5.74, 6) is 0. The summed E-state index contributed by atoms with van der Waals surface area (Å²) in [7, 11) is 0. The quantitative estimate of drug-likeness (QED) is 0.529. The Morgan fingerprint density at radius 1 is 0.840 bits per heavy atom. The second-order valence-electron chi connectivity index (χ2n) is 9.14. The maximum atomic E-state index is 2.43. The Morgan fingerprint density at radius 2 is 1.44 bits per heavy atom. The molecule has 132 valence electrons. The molecule has 0 bridgehead atoms. The van der Waals surface area contributed by atoms with Crippen LogP contribution in [0.3, 0.4) is 0 Å². The fraction of sp³-hybridized carbons (Fsp3) is 0.440. The van der Waals surface area contributed by atoms with Crippen LogP contribution in [0.5, 0.6) is 0 Å². The highest BCUT2D eigenvalue weighted by Crippen LogP contribution is 2.53. The molecule has 0 heteroatoms. The lowest BCUT2D eigenvalue weighted by atomic mass is 9.74. The standard InChI is InChI=1S/C25H32/c1-16-17(2)23(25(7,8)18(16)3)21-14-11-13-19(21)20-12-9-10-15-22(20)24(4,5)6/h9-10,12-15H,11H2,1-8H3. The second kappa shape index (κ2) is 5.87. The van der Waals surface area contributed by atoms with Gasteiger partial charge in [0.2, 0.25) is 0 Å². The summed E-state index contributed by atoms with van der Waals surface area (Å²) >= 11 is 0. The van der Waals surface area contributed by atoms with Gasteiger partial charge in [0.15, 0.2) is 0 Å². The zero-order chi connectivity index (χ0) is 18.6. The zero-order valence-electron chi connectivity index (χ0n) is 17.2. The third-order valence-electron chi connectivity index (χ3n) is 6.29. The molecule has 0 N–H and O–H groups in total. The molecule has 1 aromatic rings. The van der Waals surface area contributed by atoms with Crippen LogP contribution in [0.25, 0.3) is 5.57 Å². The molecule has 0 heterocycles. The highest BCUT2D eigenvalue weighted by Gasteiger charge is 2.38. The van der Waals surface area contributed by atoms with Crippen LogP contribution in [-0.4, -0.2) is 0 Å². The van der Waals surface area contributed by atoms with Crippen molar-refractivity contribution in [1.82, 2.24) is 0 Å². The molecule has 0 unspecified atom stereocenters. The molecular weight excluding hydrogens is 300 g/mol. The molecule has 0 fully saturated rings. The van der Waals surface area contributed by atoms with Crippen LogP contribution in [0.1, 0.15) is 72.9 Å². The molecule has 0 saturated heterocycles. The lowest BCUT2D eigenvalue weighted by Crippen LogP contribution is -2.17. The highest BCUT2D eigenvalue weighted by atomic mass is 14.4. The van der Waals surface area contributed by atoms with Gasteiger partial charge in [-0.1, -0.05) is 76.6 Å². The SMILES string of the molecule is CC1=C(C)C(C)(C)C(C2=CCC=C2c2ccccc2C(C)(C)C)=C1C. The second-order valence-corrected chi connectivity index (χ2v) is 9.14. The van der Waals surface area contributed by atoms with Gasteiger partial charge in [0.1, 0.15) is 0 Å². The first-order chi connectivity index (χ1) is 11.6. The van der Waals surface area contributed by atoms with Crippen LogP contribution in [0.4, 0.5) is 0 Å². The van der Waals surface area contributed by atoms with Crippen molar-refractivity contribution < 1.29 is 0 Å². The molecule has 25 heavy (non-hydrogen) atoms. The van der Waals surface area contributed by atoms with E-state index in [0.717, 1.165) is 6.42 Å². The third kappa shape index (κ3) is 2.76. The van der Waals surface area contributed by atoms with Crippen molar-refractivity contribution in [3.63, 3.8) is 0 Å². The molecule has 0 saturated carbocycles. The number of hydrogen-bond donors (Lipinski definition) is 0. The van der Waals surface area contributed by atoms with Crippen molar-refractivity contribution in [2.45, 2.75) is 67.2 Å². The van der Waals surface area contributed by atoms with Gasteiger partial charge in [-0.05, 0) is 71.6 Å². The van der Waals surface area contributed by atoms with Crippen LogP contribution in [-0.2, 0) is 5.41 Å². The lowest BCUT2D eigenvalue weighted by Gasteiger charge is -2.30. The molecule has 0 aromatic heterocycles. The predicted molar refractivity (Wildman–Crippen MR) is 111 cm³/mol. The van der Waals surface area contributed by atoms with Gasteiger partial charge in [-0.25, -0.2) is 0 Å². The summed E-state index contributed by atoms with van der Waals surface area (Å²) < 4.78 is 0. The molecule has 0 atom stereocenters. The van der Waals surface area contributed by atoms with E-state index >= 15 is 0 Å². The Hall–Kier alpha value is -1.82. The first kappa shape index (κ1) is 18.0. The summed E-state index contributed by atoms with van der Waals surface area (Å²) in [5.41, 5.74) is 11.9. The molecular formula is C25H32. The van der Waals surface area contributed by atoms with E-state index in [1.807, 2.05) is 0 Å². The summed E-state index contributed by atoms with van der Waals surface area (Å²) in [6.45, 7) is 18.6. The topological polar surface area (TPSA) is 0 Å². The molecule has 1 aromatic carbocycles. The minimum atomic E-state index is 0.111. The molecule has 0 radical (unpaired) electrons.